The average molecular weight is 256 g/mol. The van der Waals surface area contributed by atoms with Crippen LogP contribution in [0.15, 0.2) is 54.6 Å². The number of benzene rings is 2. The minimum atomic E-state index is 0.397. The molecule has 2 aromatic rings. The van der Waals surface area contributed by atoms with Crippen molar-refractivity contribution in [3.63, 3.8) is 0 Å². The molecule has 1 N–H and O–H groups in total. The van der Waals surface area contributed by atoms with Gasteiger partial charge in [-0.2, -0.15) is 0 Å². The first-order chi connectivity index (χ1) is 9.25. The number of phenols is 1. The van der Waals surface area contributed by atoms with E-state index < -0.39 is 0 Å². The van der Waals surface area contributed by atoms with Crippen molar-refractivity contribution in [1.29, 1.82) is 0 Å². The van der Waals surface area contributed by atoms with Crippen molar-refractivity contribution in [3.05, 3.63) is 65.7 Å². The Morgan fingerprint density at radius 2 is 1.58 bits per heavy atom. The molecule has 2 heteroatoms. The van der Waals surface area contributed by atoms with Crippen LogP contribution in [0.2, 0.25) is 0 Å². The topological polar surface area (TPSA) is 32.8 Å². The lowest BCUT2D eigenvalue weighted by Gasteiger charge is -2.03. The predicted octanol–water partition coefficient (Wildman–Crippen LogP) is 3.58. The summed E-state index contributed by atoms with van der Waals surface area (Å²) in [6.07, 6.45) is 2.44. The number of phenolic OH excluding ortho intramolecular Hbond substituents is 1. The predicted molar refractivity (Wildman–Crippen MR) is 77.4 cm³/mol. The van der Waals surface area contributed by atoms with Crippen molar-refractivity contribution in [3.8, 4) is 5.75 Å². The fourth-order valence-electron chi connectivity index (χ4n) is 1.74. The van der Waals surface area contributed by atoms with Gasteiger partial charge in [0, 0.05) is 0 Å². The third-order valence-corrected chi connectivity index (χ3v) is 3.02. The van der Waals surface area contributed by atoms with E-state index in [1.807, 2.05) is 36.4 Å². The van der Waals surface area contributed by atoms with Gasteiger partial charge >= 0.3 is 0 Å². The Kier molecular flexibility index (Phi) is 4.99. The van der Waals surface area contributed by atoms with Gasteiger partial charge < -0.3 is 9.84 Å². The van der Waals surface area contributed by atoms with Crippen LogP contribution >= 0.6 is 0 Å². The van der Waals surface area contributed by atoms with Crippen LogP contribution in [0, 0.1) is 0 Å². The summed E-state index contributed by atoms with van der Waals surface area (Å²) in [7, 11) is 0. The molecular formula is C17H20O2. The van der Waals surface area contributed by atoms with E-state index in [-0.39, 0.29) is 0 Å². The summed E-state index contributed by atoms with van der Waals surface area (Å²) in [5.41, 5.74) is 2.32. The number of aryl methyl sites for hydroxylation is 2. The zero-order chi connectivity index (χ0) is 13.5. The third kappa shape index (κ3) is 5.14. The van der Waals surface area contributed by atoms with Crippen LogP contribution in [0.3, 0.4) is 0 Å². The van der Waals surface area contributed by atoms with Gasteiger partial charge in [-0.15, -0.1) is 0 Å². The first-order valence-corrected chi connectivity index (χ1v) is 6.68. The van der Waals surface area contributed by atoms with E-state index in [0.717, 1.165) is 25.0 Å². The molecule has 1 unspecified atom stereocenters. The van der Waals surface area contributed by atoms with E-state index in [1.165, 1.54) is 5.56 Å². The lowest BCUT2D eigenvalue weighted by molar-refractivity contribution is 0.423. The number of aromatic hydroxyl groups is 1. The number of hydrogen-bond donors (Lipinski definition) is 1. The van der Waals surface area contributed by atoms with Gasteiger partial charge in [-0.1, -0.05) is 48.5 Å². The van der Waals surface area contributed by atoms with Crippen LogP contribution in [-0.4, -0.2) is 17.8 Å². The molecule has 19 heavy (non-hydrogen) atoms. The van der Waals surface area contributed by atoms with Crippen LogP contribution in [0.5, 0.6) is 5.75 Å². The molecule has 0 amide bonds. The molecule has 1 aliphatic rings. The van der Waals surface area contributed by atoms with Gasteiger partial charge in [-0.05, 0) is 37.0 Å². The smallest absolute Gasteiger partial charge is 0.118 e. The third-order valence-electron chi connectivity index (χ3n) is 3.02. The summed E-state index contributed by atoms with van der Waals surface area (Å²) in [6, 6.07) is 17.8. The molecule has 0 radical (unpaired) electrons. The number of hydrogen-bond acceptors (Lipinski definition) is 2. The number of epoxide rings is 1. The molecule has 3 rings (SSSR count). The Bertz CT molecular complexity index is 490. The minimum absolute atomic E-state index is 0.397. The average Bonchev–Trinajstić information content (AvgIpc) is 3.22. The molecule has 0 bridgehead atoms. The Hall–Kier alpha value is -1.80. The van der Waals surface area contributed by atoms with E-state index >= 15 is 0 Å². The molecule has 0 saturated carbocycles. The number of ether oxygens (including phenoxy) is 1. The quantitative estimate of drug-likeness (QED) is 0.851. The maximum atomic E-state index is 9.59. The minimum Gasteiger partial charge on any atom is -0.508 e. The molecule has 100 valence electrons. The van der Waals surface area contributed by atoms with Crippen molar-refractivity contribution < 1.29 is 9.84 Å². The lowest BCUT2D eigenvalue weighted by atomic mass is 10.0. The molecule has 1 fully saturated rings. The van der Waals surface area contributed by atoms with Gasteiger partial charge in [0.05, 0.1) is 12.7 Å². The van der Waals surface area contributed by atoms with Gasteiger partial charge in [-0.25, -0.2) is 0 Å². The second-order valence-corrected chi connectivity index (χ2v) is 4.76. The van der Waals surface area contributed by atoms with Crippen molar-refractivity contribution in [2.24, 2.45) is 0 Å². The van der Waals surface area contributed by atoms with Crippen LogP contribution in [-0.2, 0) is 17.6 Å². The number of rotatable bonds is 3. The molecule has 1 atom stereocenters. The molecule has 1 heterocycles. The molecule has 2 nitrogen and oxygen atoms in total. The normalized spacial score (nSPS) is 16.4. The SMILES string of the molecule is CC1CO1.Oc1ccccc1CCc1ccccc1. The van der Waals surface area contributed by atoms with E-state index in [4.69, 9.17) is 4.74 Å². The van der Waals surface area contributed by atoms with Crippen LogP contribution in [0.4, 0.5) is 0 Å². The summed E-state index contributed by atoms with van der Waals surface area (Å²) in [4.78, 5) is 0. The molecule has 1 saturated heterocycles. The first-order valence-electron chi connectivity index (χ1n) is 6.68. The summed E-state index contributed by atoms with van der Waals surface area (Å²) in [5.74, 6) is 0.397. The Morgan fingerprint density at radius 3 is 2.16 bits per heavy atom. The highest BCUT2D eigenvalue weighted by atomic mass is 16.6. The second-order valence-electron chi connectivity index (χ2n) is 4.76. The molecule has 0 spiro atoms. The monoisotopic (exact) mass is 256 g/mol. The zero-order valence-corrected chi connectivity index (χ0v) is 11.3. The van der Waals surface area contributed by atoms with Gasteiger partial charge in [0.15, 0.2) is 0 Å². The fraction of sp³-hybridized carbons (Fsp3) is 0.294. The van der Waals surface area contributed by atoms with Crippen LogP contribution < -0.4 is 0 Å². The Morgan fingerprint density at radius 1 is 1.00 bits per heavy atom. The highest BCUT2D eigenvalue weighted by Crippen LogP contribution is 2.17. The van der Waals surface area contributed by atoms with E-state index in [9.17, 15) is 5.11 Å². The van der Waals surface area contributed by atoms with Crippen LogP contribution in [0.1, 0.15) is 18.1 Å². The first kappa shape index (κ1) is 13.6. The van der Waals surface area contributed by atoms with Gasteiger partial charge in [0.2, 0.25) is 0 Å². The molecule has 0 aliphatic carbocycles. The molecule has 0 aromatic heterocycles. The largest absolute Gasteiger partial charge is 0.508 e. The molecular weight excluding hydrogens is 236 g/mol. The van der Waals surface area contributed by atoms with Crippen molar-refractivity contribution in [2.75, 3.05) is 6.61 Å². The van der Waals surface area contributed by atoms with Crippen molar-refractivity contribution in [1.82, 2.24) is 0 Å². The van der Waals surface area contributed by atoms with Gasteiger partial charge in [0.25, 0.3) is 0 Å². The van der Waals surface area contributed by atoms with Crippen LogP contribution in [0.25, 0.3) is 0 Å². The number of para-hydroxylation sites is 1. The maximum absolute atomic E-state index is 9.59. The zero-order valence-electron chi connectivity index (χ0n) is 11.3. The summed E-state index contributed by atoms with van der Waals surface area (Å²) in [6.45, 7) is 3.04. The lowest BCUT2D eigenvalue weighted by Crippen LogP contribution is -1.91. The molecule has 2 aromatic carbocycles. The highest BCUT2D eigenvalue weighted by molar-refractivity contribution is 5.32. The summed E-state index contributed by atoms with van der Waals surface area (Å²) >= 11 is 0. The maximum Gasteiger partial charge on any atom is 0.118 e. The van der Waals surface area contributed by atoms with Crippen molar-refractivity contribution >= 4 is 0 Å². The van der Waals surface area contributed by atoms with E-state index in [0.29, 0.717) is 11.9 Å². The van der Waals surface area contributed by atoms with Crippen molar-refractivity contribution in [2.45, 2.75) is 25.9 Å². The van der Waals surface area contributed by atoms with Gasteiger partial charge in [0.1, 0.15) is 5.75 Å². The summed E-state index contributed by atoms with van der Waals surface area (Å²) < 4.78 is 4.71. The van der Waals surface area contributed by atoms with E-state index in [1.54, 1.807) is 6.07 Å². The standard InChI is InChI=1S/C14H14O.C3H6O/c15-14-9-5-4-8-13(14)11-10-12-6-2-1-3-7-12;1-3-2-4-3/h1-9,15H,10-11H2;3H,2H2,1H3. The summed E-state index contributed by atoms with van der Waals surface area (Å²) in [5, 5.41) is 9.59. The van der Waals surface area contributed by atoms with Gasteiger partial charge in [-0.3, -0.25) is 0 Å². The fourth-order valence-corrected chi connectivity index (χ4v) is 1.74. The highest BCUT2D eigenvalue weighted by Gasteiger charge is 2.13. The second kappa shape index (κ2) is 6.95. The van der Waals surface area contributed by atoms with E-state index in [2.05, 4.69) is 19.1 Å². The Balaban J connectivity index is 0.000000284. The molecule has 1 aliphatic heterocycles. The Labute approximate surface area is 114 Å².